The van der Waals surface area contributed by atoms with E-state index in [0.717, 1.165) is 11.3 Å². The molecular formula is C17H19N3O4. The van der Waals surface area contributed by atoms with Gasteiger partial charge in [-0.15, -0.1) is 0 Å². The smallest absolute Gasteiger partial charge is 0.270 e. The molecule has 1 amide bonds. The Morgan fingerprint density at radius 3 is 2.33 bits per heavy atom. The number of amides is 1. The second-order valence-electron chi connectivity index (χ2n) is 4.81. The predicted octanol–water partition coefficient (Wildman–Crippen LogP) is 3.48. The lowest BCUT2D eigenvalue weighted by atomic mass is 10.0. The van der Waals surface area contributed by atoms with Gasteiger partial charge < -0.3 is 15.4 Å². The molecule has 2 aromatic rings. The maximum atomic E-state index is 12.2. The topological polar surface area (TPSA) is 93.5 Å². The van der Waals surface area contributed by atoms with Crippen LogP contribution in [-0.4, -0.2) is 17.9 Å². The summed E-state index contributed by atoms with van der Waals surface area (Å²) in [7, 11) is 1.58. The number of carbonyl (C=O) groups is 1. The van der Waals surface area contributed by atoms with Crippen LogP contribution < -0.4 is 15.4 Å². The van der Waals surface area contributed by atoms with Gasteiger partial charge in [0, 0.05) is 17.8 Å². The Kier molecular flexibility index (Phi) is 5.36. The first kappa shape index (κ1) is 17.3. The number of benzene rings is 2. The number of nitro benzene ring substituents is 1. The number of hydrogen-bond donors (Lipinski definition) is 2. The van der Waals surface area contributed by atoms with Gasteiger partial charge in [0.1, 0.15) is 11.9 Å². The minimum Gasteiger partial charge on any atom is -0.497 e. The van der Waals surface area contributed by atoms with E-state index in [-0.39, 0.29) is 17.2 Å². The van der Waals surface area contributed by atoms with Crippen LogP contribution >= 0.6 is 0 Å². The lowest BCUT2D eigenvalue weighted by Gasteiger charge is -2.28. The fourth-order valence-corrected chi connectivity index (χ4v) is 2.32. The summed E-state index contributed by atoms with van der Waals surface area (Å²) in [5.74, 6) is 0.375. The number of carbonyl (C=O) groups excluding carboxylic acids is 1. The van der Waals surface area contributed by atoms with Crippen LogP contribution in [0.25, 0.3) is 0 Å². The van der Waals surface area contributed by atoms with Gasteiger partial charge in [-0.2, -0.15) is 0 Å². The summed E-state index contributed by atoms with van der Waals surface area (Å²) in [5, 5.41) is 16.7. The highest BCUT2D eigenvalue weighted by Crippen LogP contribution is 2.29. The first-order valence-corrected chi connectivity index (χ1v) is 7.58. The van der Waals surface area contributed by atoms with Gasteiger partial charge in [-0.25, -0.2) is 0 Å². The second-order valence-corrected chi connectivity index (χ2v) is 4.81. The number of rotatable bonds is 3. The maximum absolute atomic E-state index is 12.2. The number of anilines is 1. The summed E-state index contributed by atoms with van der Waals surface area (Å²) in [6.45, 7) is 4.00. The van der Waals surface area contributed by atoms with Gasteiger partial charge in [-0.1, -0.05) is 26.0 Å². The first-order valence-electron chi connectivity index (χ1n) is 7.58. The van der Waals surface area contributed by atoms with Crippen molar-refractivity contribution in [2.24, 2.45) is 0 Å². The van der Waals surface area contributed by atoms with E-state index in [0.29, 0.717) is 5.69 Å². The Balaban J connectivity index is 0.00000100. The lowest BCUT2D eigenvalue weighted by molar-refractivity contribution is -0.384. The average Bonchev–Trinajstić information content (AvgIpc) is 2.63. The Hall–Kier alpha value is -3.09. The molecule has 0 bridgehead atoms. The van der Waals surface area contributed by atoms with Crippen molar-refractivity contribution in [1.82, 2.24) is 5.32 Å². The summed E-state index contributed by atoms with van der Waals surface area (Å²) in [5.41, 5.74) is 1.57. The van der Waals surface area contributed by atoms with Crippen molar-refractivity contribution in [3.63, 3.8) is 0 Å². The zero-order chi connectivity index (χ0) is 17.7. The van der Waals surface area contributed by atoms with Crippen molar-refractivity contribution in [1.29, 1.82) is 0 Å². The largest absolute Gasteiger partial charge is 0.497 e. The van der Waals surface area contributed by atoms with E-state index in [1.54, 1.807) is 25.3 Å². The number of methoxy groups -OCH3 is 1. The maximum Gasteiger partial charge on any atom is 0.270 e. The molecule has 1 atom stereocenters. The van der Waals surface area contributed by atoms with Crippen LogP contribution in [0.1, 0.15) is 35.9 Å². The molecular weight excluding hydrogens is 310 g/mol. The summed E-state index contributed by atoms with van der Waals surface area (Å²) in [4.78, 5) is 22.4. The van der Waals surface area contributed by atoms with E-state index < -0.39 is 11.1 Å². The molecule has 1 unspecified atom stereocenters. The molecule has 24 heavy (non-hydrogen) atoms. The Morgan fingerprint density at radius 1 is 1.08 bits per heavy atom. The van der Waals surface area contributed by atoms with Gasteiger partial charge in [0.2, 0.25) is 0 Å². The molecule has 0 aromatic heterocycles. The van der Waals surface area contributed by atoms with E-state index >= 15 is 0 Å². The number of non-ortho nitro benzene ring substituents is 1. The second kappa shape index (κ2) is 7.45. The van der Waals surface area contributed by atoms with E-state index in [4.69, 9.17) is 4.74 Å². The molecule has 0 fully saturated rings. The van der Waals surface area contributed by atoms with E-state index in [2.05, 4.69) is 10.6 Å². The molecule has 2 aromatic carbocycles. The quantitative estimate of drug-likeness (QED) is 0.664. The molecule has 126 valence electrons. The van der Waals surface area contributed by atoms with Crippen molar-refractivity contribution in [3.05, 3.63) is 63.7 Å². The molecule has 0 saturated heterocycles. The van der Waals surface area contributed by atoms with Gasteiger partial charge in [-0.3, -0.25) is 14.9 Å². The average molecular weight is 329 g/mol. The third-order valence-electron chi connectivity index (χ3n) is 3.48. The van der Waals surface area contributed by atoms with Crippen molar-refractivity contribution in [2.45, 2.75) is 20.0 Å². The zero-order valence-corrected chi connectivity index (χ0v) is 13.7. The van der Waals surface area contributed by atoms with Crippen molar-refractivity contribution in [3.8, 4) is 5.75 Å². The van der Waals surface area contributed by atoms with Crippen molar-refractivity contribution in [2.75, 3.05) is 12.4 Å². The summed E-state index contributed by atoms with van der Waals surface area (Å²) in [6, 6.07) is 11.5. The molecule has 2 N–H and O–H groups in total. The molecule has 3 rings (SSSR count). The molecule has 1 aliphatic heterocycles. The molecule has 0 spiro atoms. The number of nitrogens with one attached hydrogen (secondary N) is 2. The van der Waals surface area contributed by atoms with E-state index in [1.165, 1.54) is 12.1 Å². The van der Waals surface area contributed by atoms with E-state index in [9.17, 15) is 14.9 Å². The molecule has 0 aliphatic carbocycles. The lowest BCUT2D eigenvalue weighted by Crippen LogP contribution is -2.38. The molecule has 1 heterocycles. The minimum atomic E-state index is -0.525. The van der Waals surface area contributed by atoms with Gasteiger partial charge in [0.25, 0.3) is 11.6 Å². The SMILES string of the molecule is CC.COc1ccc(C2NC(=O)c3cc([N+](=O)[O-])ccc3N2)cc1. The van der Waals surface area contributed by atoms with Gasteiger partial charge in [-0.05, 0) is 23.8 Å². The van der Waals surface area contributed by atoms with Crippen LogP contribution in [0.5, 0.6) is 5.75 Å². The Morgan fingerprint density at radius 2 is 1.75 bits per heavy atom. The van der Waals surface area contributed by atoms with Crippen molar-refractivity contribution < 1.29 is 14.5 Å². The molecule has 7 nitrogen and oxygen atoms in total. The fraction of sp³-hybridized carbons (Fsp3) is 0.235. The van der Waals surface area contributed by atoms with Crippen LogP contribution in [0.3, 0.4) is 0 Å². The highest BCUT2D eigenvalue weighted by molar-refractivity contribution is 6.02. The monoisotopic (exact) mass is 329 g/mol. The summed E-state index contributed by atoms with van der Waals surface area (Å²) >= 11 is 0. The van der Waals surface area contributed by atoms with E-state index in [1.807, 2.05) is 26.0 Å². The standard InChI is InChI=1S/C15H13N3O4.C2H6/c1-22-11-5-2-9(3-6-11)14-16-13-7-4-10(18(20)21)8-12(13)15(19)17-14;1-2/h2-8,14,16H,1H3,(H,17,19);1-2H3. The number of ether oxygens (including phenoxy) is 1. The Bertz CT molecular complexity index is 744. The van der Waals surface area contributed by atoms with Crippen LogP contribution in [0.4, 0.5) is 11.4 Å². The molecule has 7 heteroatoms. The summed E-state index contributed by atoms with van der Waals surface area (Å²) < 4.78 is 5.10. The highest BCUT2D eigenvalue weighted by Gasteiger charge is 2.26. The van der Waals surface area contributed by atoms with Gasteiger partial charge in [0.15, 0.2) is 0 Å². The zero-order valence-electron chi connectivity index (χ0n) is 13.7. The number of nitrogens with zero attached hydrogens (tertiary/aromatic N) is 1. The normalized spacial score (nSPS) is 15.1. The third-order valence-corrected chi connectivity index (χ3v) is 3.48. The fourth-order valence-electron chi connectivity index (χ4n) is 2.32. The number of fused-ring (bicyclic) bond motifs is 1. The molecule has 0 radical (unpaired) electrons. The first-order chi connectivity index (χ1) is 11.6. The minimum absolute atomic E-state index is 0.112. The van der Waals surface area contributed by atoms with Crippen LogP contribution in [0.2, 0.25) is 0 Å². The number of hydrogen-bond acceptors (Lipinski definition) is 5. The van der Waals surface area contributed by atoms with Crippen LogP contribution in [0.15, 0.2) is 42.5 Å². The molecule has 1 aliphatic rings. The highest BCUT2D eigenvalue weighted by atomic mass is 16.6. The molecule has 0 saturated carbocycles. The van der Waals surface area contributed by atoms with Crippen LogP contribution in [0, 0.1) is 10.1 Å². The third kappa shape index (κ3) is 3.45. The Labute approximate surface area is 139 Å². The van der Waals surface area contributed by atoms with Gasteiger partial charge >= 0.3 is 0 Å². The predicted molar refractivity (Wildman–Crippen MR) is 91.3 cm³/mol. The van der Waals surface area contributed by atoms with Crippen LogP contribution in [-0.2, 0) is 0 Å². The van der Waals surface area contributed by atoms with Gasteiger partial charge in [0.05, 0.1) is 17.6 Å². The summed E-state index contributed by atoms with van der Waals surface area (Å²) in [6.07, 6.45) is -0.396. The van der Waals surface area contributed by atoms with Crippen molar-refractivity contribution >= 4 is 17.3 Å². The number of nitro groups is 1.